The van der Waals surface area contributed by atoms with Crippen molar-refractivity contribution in [1.29, 1.82) is 0 Å². The molecule has 0 fully saturated rings. The second kappa shape index (κ2) is 19.0. The van der Waals surface area contributed by atoms with Crippen LogP contribution in [0.2, 0.25) is 0 Å². The van der Waals surface area contributed by atoms with Crippen LogP contribution in [0, 0.1) is 13.2 Å². The van der Waals surface area contributed by atoms with Crippen LogP contribution in [0.25, 0.3) is 0 Å². The van der Waals surface area contributed by atoms with Gasteiger partial charge in [-0.3, -0.25) is 9.78 Å². The number of carbonyl (C=O) groups is 2. The Labute approximate surface area is 226 Å². The molecule has 0 saturated carbocycles. The van der Waals surface area contributed by atoms with Crippen LogP contribution in [0.3, 0.4) is 0 Å². The second-order valence-electron chi connectivity index (χ2n) is 8.63. The maximum atomic E-state index is 12.5. The van der Waals surface area contributed by atoms with E-state index in [0.29, 0.717) is 37.6 Å². The normalized spacial score (nSPS) is 10.8. The van der Waals surface area contributed by atoms with Crippen molar-refractivity contribution in [3.05, 3.63) is 72.9 Å². The number of carbonyl (C=O) groups excluding carboxylic acids is 2. The number of ether oxygens (including phenoxy) is 2. The summed E-state index contributed by atoms with van der Waals surface area (Å²) in [5, 5.41) is 0. The molecule has 0 saturated heterocycles. The van der Waals surface area contributed by atoms with E-state index < -0.39 is 11.9 Å². The zero-order valence-electron chi connectivity index (χ0n) is 22.6. The van der Waals surface area contributed by atoms with Gasteiger partial charge in [0.15, 0.2) is 0 Å². The lowest BCUT2D eigenvalue weighted by atomic mass is 10.1. The molecule has 2 radical (unpaired) electrons. The molecule has 0 atom stereocenters. The molecule has 2 rings (SSSR count). The van der Waals surface area contributed by atoms with Crippen LogP contribution in [-0.2, 0) is 19.6 Å². The molecule has 0 aromatic heterocycles. The van der Waals surface area contributed by atoms with Gasteiger partial charge in [-0.15, -0.1) is 9.78 Å². The maximum Gasteiger partial charge on any atom is 0.373 e. The van der Waals surface area contributed by atoms with Gasteiger partial charge in [0.05, 0.1) is 24.3 Å². The Morgan fingerprint density at radius 2 is 1.08 bits per heavy atom. The summed E-state index contributed by atoms with van der Waals surface area (Å²) in [6, 6.07) is 13.1. The molecule has 0 unspecified atom stereocenters. The molecular formula is C30H40O8. The van der Waals surface area contributed by atoms with E-state index in [0.717, 1.165) is 25.7 Å². The molecule has 2 aromatic carbocycles. The van der Waals surface area contributed by atoms with Crippen LogP contribution in [0.1, 0.15) is 98.8 Å². The first-order chi connectivity index (χ1) is 18.6. The van der Waals surface area contributed by atoms with Crippen LogP contribution < -0.4 is 9.47 Å². The number of rotatable bonds is 20. The van der Waals surface area contributed by atoms with Gasteiger partial charge in [0.25, 0.3) is 0 Å². The van der Waals surface area contributed by atoms with Gasteiger partial charge in [-0.2, -0.15) is 0 Å². The highest BCUT2D eigenvalue weighted by molar-refractivity contribution is 5.90. The highest BCUT2D eigenvalue weighted by atomic mass is 17.3. The first-order valence-electron chi connectivity index (χ1n) is 13.5. The molecule has 0 bridgehead atoms. The Kier molecular flexibility index (Phi) is 15.6. The minimum absolute atomic E-state index is 0.121. The van der Waals surface area contributed by atoms with E-state index in [9.17, 15) is 9.59 Å². The van der Waals surface area contributed by atoms with Crippen LogP contribution in [0.5, 0.6) is 11.5 Å². The lowest BCUT2D eigenvalue weighted by molar-refractivity contribution is -0.363. The van der Waals surface area contributed by atoms with Crippen LogP contribution in [-0.4, -0.2) is 25.2 Å². The van der Waals surface area contributed by atoms with E-state index in [4.69, 9.17) is 29.0 Å². The number of hydrogen-bond acceptors (Lipinski definition) is 8. The Morgan fingerprint density at radius 3 is 1.53 bits per heavy atom. The summed E-state index contributed by atoms with van der Waals surface area (Å²) in [5.74, 6) is -0.384. The quantitative estimate of drug-likeness (QED) is 0.0986. The third kappa shape index (κ3) is 12.4. The molecule has 8 nitrogen and oxygen atoms in total. The van der Waals surface area contributed by atoms with Gasteiger partial charge in [0.1, 0.15) is 11.5 Å². The fourth-order valence-electron chi connectivity index (χ4n) is 3.63. The Morgan fingerprint density at radius 1 is 0.632 bits per heavy atom. The highest BCUT2D eigenvalue weighted by Gasteiger charge is 2.22. The van der Waals surface area contributed by atoms with Gasteiger partial charge < -0.3 is 9.47 Å². The summed E-state index contributed by atoms with van der Waals surface area (Å²) < 4.78 is 10.8. The number of hydrogen-bond donors (Lipinski definition) is 0. The molecule has 0 aliphatic heterocycles. The molecule has 0 aliphatic rings. The molecule has 0 amide bonds. The van der Waals surface area contributed by atoms with E-state index >= 15 is 0 Å². The Hall–Kier alpha value is -3.10. The third-order valence-corrected chi connectivity index (χ3v) is 5.56. The zero-order chi connectivity index (χ0) is 27.4. The summed E-state index contributed by atoms with van der Waals surface area (Å²) in [5.41, 5.74) is 0.498. The predicted molar refractivity (Wildman–Crippen MR) is 143 cm³/mol. The Balaban J connectivity index is 1.88. The summed E-state index contributed by atoms with van der Waals surface area (Å²) in [6.45, 7) is 8.51. The molecule has 208 valence electrons. The van der Waals surface area contributed by atoms with Gasteiger partial charge in [-0.05, 0) is 56.7 Å². The average Bonchev–Trinajstić information content (AvgIpc) is 2.93. The van der Waals surface area contributed by atoms with Gasteiger partial charge in [0.2, 0.25) is 0 Å². The topological polar surface area (TPSA) is 89.5 Å². The van der Waals surface area contributed by atoms with Crippen molar-refractivity contribution in [3.63, 3.8) is 0 Å². The predicted octanol–water partition coefficient (Wildman–Crippen LogP) is 7.59. The van der Waals surface area contributed by atoms with Crippen LogP contribution in [0.4, 0.5) is 0 Å². The number of benzene rings is 2. The minimum Gasteiger partial charge on any atom is -0.494 e. The van der Waals surface area contributed by atoms with Crippen molar-refractivity contribution in [3.8, 4) is 11.5 Å². The summed E-state index contributed by atoms with van der Waals surface area (Å²) in [6.07, 6.45) is 9.82. The van der Waals surface area contributed by atoms with Gasteiger partial charge in [0, 0.05) is 6.42 Å². The first-order valence-corrected chi connectivity index (χ1v) is 13.5. The molecule has 2 aromatic rings. The van der Waals surface area contributed by atoms with Crippen LogP contribution in [0.15, 0.2) is 48.5 Å². The Bertz CT molecular complexity index is 880. The lowest BCUT2D eigenvalue weighted by Crippen LogP contribution is -2.16. The molecule has 8 heteroatoms. The van der Waals surface area contributed by atoms with Crippen molar-refractivity contribution < 1.29 is 38.6 Å². The van der Waals surface area contributed by atoms with E-state index in [2.05, 4.69) is 6.92 Å². The molecule has 0 spiro atoms. The zero-order valence-corrected chi connectivity index (χ0v) is 22.6. The molecule has 38 heavy (non-hydrogen) atoms. The standard InChI is InChI=1S/C30H40O8/c1-4-7-8-9-10-11-12-13-14-21-28(35-37-29(31)24-17-15-19-26(22-24)33-5-2)36-38-30(32)25-18-16-20-27(23-25)34-6-3/h15-20,22-23H,1,4-14,21H2,2-3H3. The third-order valence-electron chi connectivity index (χ3n) is 5.56. The molecular weight excluding hydrogens is 488 g/mol. The van der Waals surface area contributed by atoms with Crippen molar-refractivity contribution in [2.75, 3.05) is 13.2 Å². The van der Waals surface area contributed by atoms with Gasteiger partial charge in [-0.1, -0.05) is 70.4 Å². The second-order valence-corrected chi connectivity index (χ2v) is 8.63. The SMILES string of the molecule is [CH2]CCCCCCCCCC[C](OOC(=O)c1cccc(OCC)c1)OOC(=O)c1cccc(OCC)c1. The highest BCUT2D eigenvalue weighted by Crippen LogP contribution is 2.21. The van der Waals surface area contributed by atoms with Gasteiger partial charge in [-0.25, -0.2) is 9.59 Å². The van der Waals surface area contributed by atoms with E-state index in [1.165, 1.54) is 25.7 Å². The fourth-order valence-corrected chi connectivity index (χ4v) is 3.63. The van der Waals surface area contributed by atoms with Crippen molar-refractivity contribution in [2.45, 2.75) is 78.1 Å². The first kappa shape index (κ1) is 31.1. The molecule has 0 aliphatic carbocycles. The molecule has 0 heterocycles. The van der Waals surface area contributed by atoms with E-state index in [1.54, 1.807) is 48.5 Å². The van der Waals surface area contributed by atoms with E-state index in [-0.39, 0.29) is 17.4 Å². The monoisotopic (exact) mass is 528 g/mol. The fraction of sp³-hybridized carbons (Fsp3) is 0.467. The lowest BCUT2D eigenvalue weighted by Gasteiger charge is -2.14. The van der Waals surface area contributed by atoms with E-state index in [1.807, 2.05) is 13.8 Å². The number of unbranched alkanes of at least 4 members (excludes halogenated alkanes) is 8. The summed E-state index contributed by atoms with van der Waals surface area (Å²) in [4.78, 5) is 45.3. The van der Waals surface area contributed by atoms with Crippen molar-refractivity contribution >= 4 is 11.9 Å². The maximum absolute atomic E-state index is 12.5. The largest absolute Gasteiger partial charge is 0.494 e. The minimum atomic E-state index is -0.731. The smallest absolute Gasteiger partial charge is 0.373 e. The van der Waals surface area contributed by atoms with Gasteiger partial charge >= 0.3 is 18.2 Å². The summed E-state index contributed by atoms with van der Waals surface area (Å²) >= 11 is 0. The molecule has 0 N–H and O–H groups in total. The van der Waals surface area contributed by atoms with Crippen molar-refractivity contribution in [2.24, 2.45) is 0 Å². The van der Waals surface area contributed by atoms with Crippen molar-refractivity contribution in [1.82, 2.24) is 0 Å². The van der Waals surface area contributed by atoms with Crippen LogP contribution >= 0.6 is 0 Å². The average molecular weight is 529 g/mol. The summed E-state index contributed by atoms with van der Waals surface area (Å²) in [7, 11) is 0.